The van der Waals surface area contributed by atoms with Gasteiger partial charge >= 0.3 is 0 Å². The van der Waals surface area contributed by atoms with Crippen LogP contribution in [0.25, 0.3) is 0 Å². The number of nitrogens with one attached hydrogen (secondary N) is 1. The van der Waals surface area contributed by atoms with Crippen molar-refractivity contribution in [2.75, 3.05) is 6.54 Å². The lowest BCUT2D eigenvalue weighted by atomic mass is 9.66. The van der Waals surface area contributed by atoms with Gasteiger partial charge in [-0.05, 0) is 54.9 Å². The van der Waals surface area contributed by atoms with E-state index in [9.17, 15) is 0 Å². The van der Waals surface area contributed by atoms with Gasteiger partial charge in [-0.15, -0.1) is 0 Å². The van der Waals surface area contributed by atoms with E-state index < -0.39 is 0 Å². The van der Waals surface area contributed by atoms with Crippen LogP contribution in [0, 0.1) is 23.2 Å². The van der Waals surface area contributed by atoms with Gasteiger partial charge in [0.15, 0.2) is 0 Å². The van der Waals surface area contributed by atoms with E-state index in [2.05, 4.69) is 52.1 Å². The van der Waals surface area contributed by atoms with Crippen molar-refractivity contribution in [2.24, 2.45) is 23.2 Å². The standard InChI is InChI=1S/C17H29N/c1-12-11-13(2)15(12)7-8-16-14(3)18-10-6-9-17(16,4)5/h7-8,12-13,15,18H,6,9-11H2,1-5H3/b8-7-. The average molecular weight is 247 g/mol. The minimum atomic E-state index is 0.320. The van der Waals surface area contributed by atoms with E-state index in [0.29, 0.717) is 5.41 Å². The van der Waals surface area contributed by atoms with Crippen molar-refractivity contribution < 1.29 is 0 Å². The van der Waals surface area contributed by atoms with Crippen LogP contribution in [0.4, 0.5) is 0 Å². The molecule has 0 radical (unpaired) electrons. The van der Waals surface area contributed by atoms with Crippen molar-refractivity contribution >= 4 is 0 Å². The first-order chi connectivity index (χ1) is 8.42. The summed E-state index contributed by atoms with van der Waals surface area (Å²) >= 11 is 0. The molecular formula is C17H29N. The molecule has 0 aromatic rings. The maximum atomic E-state index is 3.56. The molecule has 0 saturated heterocycles. The minimum Gasteiger partial charge on any atom is -0.388 e. The Morgan fingerprint density at radius 1 is 1.22 bits per heavy atom. The topological polar surface area (TPSA) is 12.0 Å². The zero-order chi connectivity index (χ0) is 13.3. The number of rotatable bonds is 2. The molecule has 2 aliphatic rings. The lowest BCUT2D eigenvalue weighted by Crippen LogP contribution is -2.31. The van der Waals surface area contributed by atoms with E-state index in [1.54, 1.807) is 0 Å². The molecule has 1 fully saturated rings. The van der Waals surface area contributed by atoms with E-state index in [1.807, 2.05) is 0 Å². The van der Waals surface area contributed by atoms with Crippen molar-refractivity contribution in [1.29, 1.82) is 0 Å². The summed E-state index contributed by atoms with van der Waals surface area (Å²) in [4.78, 5) is 0. The smallest absolute Gasteiger partial charge is 0.0144 e. The van der Waals surface area contributed by atoms with Gasteiger partial charge in [0.25, 0.3) is 0 Å². The Morgan fingerprint density at radius 2 is 1.89 bits per heavy atom. The van der Waals surface area contributed by atoms with E-state index in [-0.39, 0.29) is 0 Å². The minimum absolute atomic E-state index is 0.320. The normalized spacial score (nSPS) is 36.2. The largest absolute Gasteiger partial charge is 0.388 e. The summed E-state index contributed by atoms with van der Waals surface area (Å²) < 4.78 is 0. The molecule has 0 bridgehead atoms. The highest BCUT2D eigenvalue weighted by Gasteiger charge is 2.33. The summed E-state index contributed by atoms with van der Waals surface area (Å²) in [5.41, 5.74) is 3.22. The zero-order valence-electron chi connectivity index (χ0n) is 12.7. The van der Waals surface area contributed by atoms with E-state index in [1.165, 1.54) is 30.5 Å². The highest BCUT2D eigenvalue weighted by Crippen LogP contribution is 2.42. The van der Waals surface area contributed by atoms with E-state index >= 15 is 0 Å². The zero-order valence-corrected chi connectivity index (χ0v) is 12.7. The molecule has 0 aromatic carbocycles. The summed E-state index contributed by atoms with van der Waals surface area (Å²) in [5.74, 6) is 2.54. The molecule has 2 unspecified atom stereocenters. The van der Waals surface area contributed by atoms with Crippen molar-refractivity contribution in [3.63, 3.8) is 0 Å². The fourth-order valence-electron chi connectivity index (χ4n) is 3.75. The van der Waals surface area contributed by atoms with Gasteiger partial charge in [-0.25, -0.2) is 0 Å². The van der Waals surface area contributed by atoms with Gasteiger partial charge in [0.2, 0.25) is 0 Å². The van der Waals surface area contributed by atoms with Gasteiger partial charge in [0.05, 0.1) is 0 Å². The van der Waals surface area contributed by atoms with Crippen LogP contribution in [0.3, 0.4) is 0 Å². The van der Waals surface area contributed by atoms with Crippen LogP contribution in [0.5, 0.6) is 0 Å². The van der Waals surface area contributed by atoms with Crippen LogP contribution in [0.1, 0.15) is 53.9 Å². The maximum Gasteiger partial charge on any atom is 0.0144 e. The third-order valence-corrected chi connectivity index (χ3v) is 5.04. The predicted molar refractivity (Wildman–Crippen MR) is 79.3 cm³/mol. The summed E-state index contributed by atoms with van der Waals surface area (Å²) in [6.45, 7) is 12.9. The molecule has 1 heteroatoms. The Bertz CT molecular complexity index is 354. The molecule has 0 amide bonds. The van der Waals surface area contributed by atoms with Crippen LogP contribution >= 0.6 is 0 Å². The van der Waals surface area contributed by atoms with Crippen LogP contribution in [-0.4, -0.2) is 6.54 Å². The van der Waals surface area contributed by atoms with Gasteiger partial charge in [0.1, 0.15) is 0 Å². The Kier molecular flexibility index (Phi) is 3.89. The second-order valence-electron chi connectivity index (χ2n) is 7.08. The fraction of sp³-hybridized carbons (Fsp3) is 0.765. The van der Waals surface area contributed by atoms with Gasteiger partial charge in [-0.1, -0.05) is 39.8 Å². The Balaban J connectivity index is 2.16. The average Bonchev–Trinajstić information content (AvgIpc) is 2.40. The molecule has 0 spiro atoms. The Labute approximate surface area is 113 Å². The van der Waals surface area contributed by atoms with Crippen molar-refractivity contribution in [3.05, 3.63) is 23.4 Å². The molecule has 0 aromatic heterocycles. The van der Waals surface area contributed by atoms with E-state index in [4.69, 9.17) is 0 Å². The number of hydrogen-bond acceptors (Lipinski definition) is 1. The molecular weight excluding hydrogens is 218 g/mol. The summed E-state index contributed by atoms with van der Waals surface area (Å²) in [6.07, 6.45) is 8.86. The third kappa shape index (κ3) is 2.65. The van der Waals surface area contributed by atoms with Crippen molar-refractivity contribution in [2.45, 2.75) is 53.9 Å². The number of allylic oxidation sites excluding steroid dienone is 4. The monoisotopic (exact) mass is 247 g/mol. The molecule has 1 aliphatic heterocycles. The van der Waals surface area contributed by atoms with E-state index in [0.717, 1.165) is 24.3 Å². The van der Waals surface area contributed by atoms with Gasteiger partial charge in [-0.3, -0.25) is 0 Å². The lowest BCUT2D eigenvalue weighted by Gasteiger charge is -2.39. The molecule has 18 heavy (non-hydrogen) atoms. The molecule has 1 saturated carbocycles. The van der Waals surface area contributed by atoms with Crippen LogP contribution in [0.15, 0.2) is 23.4 Å². The molecule has 1 aliphatic carbocycles. The second kappa shape index (κ2) is 5.11. The molecule has 102 valence electrons. The molecule has 1 N–H and O–H groups in total. The molecule has 2 atom stereocenters. The lowest BCUT2D eigenvalue weighted by molar-refractivity contribution is 0.148. The highest BCUT2D eigenvalue weighted by molar-refractivity contribution is 5.31. The fourth-order valence-corrected chi connectivity index (χ4v) is 3.75. The first kappa shape index (κ1) is 13.7. The highest BCUT2D eigenvalue weighted by atomic mass is 14.9. The van der Waals surface area contributed by atoms with Crippen LogP contribution in [0.2, 0.25) is 0 Å². The third-order valence-electron chi connectivity index (χ3n) is 5.04. The molecule has 1 nitrogen and oxygen atoms in total. The van der Waals surface area contributed by atoms with Gasteiger partial charge in [-0.2, -0.15) is 0 Å². The summed E-state index contributed by atoms with van der Waals surface area (Å²) in [6, 6.07) is 0. The Hall–Kier alpha value is -0.720. The van der Waals surface area contributed by atoms with Crippen LogP contribution < -0.4 is 5.32 Å². The summed E-state index contributed by atoms with van der Waals surface area (Å²) in [5, 5.41) is 3.56. The van der Waals surface area contributed by atoms with Gasteiger partial charge in [0, 0.05) is 12.2 Å². The molecule has 1 heterocycles. The second-order valence-corrected chi connectivity index (χ2v) is 7.08. The van der Waals surface area contributed by atoms with Crippen molar-refractivity contribution in [3.8, 4) is 0 Å². The predicted octanol–water partition coefficient (Wildman–Crippen LogP) is 4.52. The quantitative estimate of drug-likeness (QED) is 0.756. The summed E-state index contributed by atoms with van der Waals surface area (Å²) in [7, 11) is 0. The first-order valence-electron chi connectivity index (χ1n) is 7.55. The maximum absolute atomic E-state index is 3.56. The SMILES string of the molecule is CC1=C(/C=C\C2C(C)CC2C)C(C)(C)CCCN1. The first-order valence-corrected chi connectivity index (χ1v) is 7.55. The Morgan fingerprint density at radius 3 is 2.50 bits per heavy atom. The van der Waals surface area contributed by atoms with Crippen molar-refractivity contribution in [1.82, 2.24) is 5.32 Å². The molecule has 2 rings (SSSR count). The van der Waals surface area contributed by atoms with Gasteiger partial charge < -0.3 is 5.32 Å². The number of hydrogen-bond donors (Lipinski definition) is 1. The van der Waals surface area contributed by atoms with Crippen LogP contribution in [-0.2, 0) is 0 Å².